The smallest absolute Gasteiger partial charge is 0.140 e. The first-order chi connectivity index (χ1) is 8.86. The average Bonchev–Trinajstić information content (AvgIpc) is 2.89. The number of nitrogens with one attached hydrogen (secondary N) is 1. The van der Waals surface area contributed by atoms with Gasteiger partial charge in [-0.05, 0) is 30.3 Å². The van der Waals surface area contributed by atoms with E-state index < -0.39 is 0 Å². The van der Waals surface area contributed by atoms with Gasteiger partial charge in [0, 0.05) is 12.1 Å². The summed E-state index contributed by atoms with van der Waals surface area (Å²) in [5.74, 6) is 1.69. The van der Waals surface area contributed by atoms with Crippen molar-refractivity contribution in [1.29, 1.82) is 5.26 Å². The molecule has 2 aromatic rings. The molecule has 4 heteroatoms. The second kappa shape index (κ2) is 4.55. The molecule has 1 unspecified atom stereocenters. The number of rotatable bonds is 2. The third kappa shape index (κ3) is 1.96. The number of nitrogens with zero attached hydrogens (tertiary/aromatic N) is 1. The summed E-state index contributed by atoms with van der Waals surface area (Å²) in [6, 6.07) is 11.2. The molecular weight excluding hydrogens is 228 g/mol. The Balaban J connectivity index is 1.80. The molecule has 0 fully saturated rings. The minimum Gasteiger partial charge on any atom is -0.484 e. The molecule has 2 heterocycles. The van der Waals surface area contributed by atoms with Gasteiger partial charge < -0.3 is 14.5 Å². The zero-order chi connectivity index (χ0) is 12.4. The van der Waals surface area contributed by atoms with Crippen LogP contribution in [0.3, 0.4) is 0 Å². The quantitative estimate of drug-likeness (QED) is 0.875. The lowest BCUT2D eigenvalue weighted by Gasteiger charge is -2.23. The van der Waals surface area contributed by atoms with Gasteiger partial charge in [0.2, 0.25) is 0 Å². The summed E-state index contributed by atoms with van der Waals surface area (Å²) in [7, 11) is 0. The topological polar surface area (TPSA) is 58.2 Å². The third-order valence-electron chi connectivity index (χ3n) is 3.00. The van der Waals surface area contributed by atoms with Crippen molar-refractivity contribution in [2.75, 3.05) is 6.54 Å². The van der Waals surface area contributed by atoms with E-state index in [2.05, 4.69) is 11.4 Å². The number of benzene rings is 1. The second-order valence-corrected chi connectivity index (χ2v) is 4.17. The Bertz CT molecular complexity index is 581. The van der Waals surface area contributed by atoms with Crippen LogP contribution in [0.4, 0.5) is 0 Å². The highest BCUT2D eigenvalue weighted by atomic mass is 16.5. The molecule has 90 valence electrons. The van der Waals surface area contributed by atoms with E-state index in [9.17, 15) is 0 Å². The first-order valence-electron chi connectivity index (χ1n) is 5.80. The van der Waals surface area contributed by atoms with E-state index in [1.54, 1.807) is 18.4 Å². The van der Waals surface area contributed by atoms with Crippen molar-refractivity contribution in [2.24, 2.45) is 0 Å². The molecule has 0 amide bonds. The Morgan fingerprint density at radius 2 is 2.11 bits per heavy atom. The number of ether oxygens (including phenoxy) is 1. The molecule has 0 saturated carbocycles. The van der Waals surface area contributed by atoms with Crippen LogP contribution in [0.2, 0.25) is 0 Å². The van der Waals surface area contributed by atoms with Crippen molar-refractivity contribution in [2.45, 2.75) is 12.6 Å². The number of nitriles is 1. The van der Waals surface area contributed by atoms with Gasteiger partial charge in [0.05, 0.1) is 24.4 Å². The molecule has 0 saturated heterocycles. The summed E-state index contributed by atoms with van der Waals surface area (Å²) in [6.45, 7) is 1.50. The third-order valence-corrected chi connectivity index (χ3v) is 3.00. The minimum absolute atomic E-state index is 0.0413. The Kier molecular flexibility index (Phi) is 2.75. The maximum absolute atomic E-state index is 8.74. The van der Waals surface area contributed by atoms with Gasteiger partial charge in [0.25, 0.3) is 0 Å². The van der Waals surface area contributed by atoms with Gasteiger partial charge >= 0.3 is 0 Å². The van der Waals surface area contributed by atoms with E-state index in [-0.39, 0.29) is 6.10 Å². The zero-order valence-corrected chi connectivity index (χ0v) is 9.72. The van der Waals surface area contributed by atoms with Crippen LogP contribution in [0.25, 0.3) is 0 Å². The summed E-state index contributed by atoms with van der Waals surface area (Å²) in [6.07, 6.45) is 1.65. The fraction of sp³-hybridized carbons (Fsp3) is 0.214. The van der Waals surface area contributed by atoms with Gasteiger partial charge in [-0.3, -0.25) is 0 Å². The maximum Gasteiger partial charge on any atom is 0.140 e. The van der Waals surface area contributed by atoms with Crippen molar-refractivity contribution in [3.05, 3.63) is 53.5 Å². The van der Waals surface area contributed by atoms with Gasteiger partial charge in [0.1, 0.15) is 17.6 Å². The lowest BCUT2D eigenvalue weighted by atomic mass is 10.1. The molecule has 4 nitrogen and oxygen atoms in total. The summed E-state index contributed by atoms with van der Waals surface area (Å²) >= 11 is 0. The number of hydrogen-bond acceptors (Lipinski definition) is 4. The predicted octanol–water partition coefficient (Wildman–Crippen LogP) is 2.37. The first-order valence-corrected chi connectivity index (χ1v) is 5.80. The first kappa shape index (κ1) is 10.9. The Labute approximate surface area is 105 Å². The predicted molar refractivity (Wildman–Crippen MR) is 64.9 cm³/mol. The molecule has 0 spiro atoms. The van der Waals surface area contributed by atoms with Crippen LogP contribution in [-0.4, -0.2) is 6.54 Å². The molecule has 3 rings (SSSR count). The average molecular weight is 240 g/mol. The van der Waals surface area contributed by atoms with E-state index >= 15 is 0 Å². The van der Waals surface area contributed by atoms with Crippen molar-refractivity contribution in [1.82, 2.24) is 5.32 Å². The molecule has 0 bridgehead atoms. The van der Waals surface area contributed by atoms with Crippen LogP contribution in [0.1, 0.15) is 23.0 Å². The van der Waals surface area contributed by atoms with Gasteiger partial charge in [-0.1, -0.05) is 0 Å². The Morgan fingerprint density at radius 1 is 1.28 bits per heavy atom. The second-order valence-electron chi connectivity index (χ2n) is 4.17. The fourth-order valence-corrected chi connectivity index (χ4v) is 2.09. The molecular formula is C14H12N2O2. The van der Waals surface area contributed by atoms with E-state index in [4.69, 9.17) is 14.4 Å². The molecule has 1 aliphatic rings. The summed E-state index contributed by atoms with van der Waals surface area (Å²) in [5.41, 5.74) is 1.73. The monoisotopic (exact) mass is 240 g/mol. The van der Waals surface area contributed by atoms with E-state index in [0.29, 0.717) is 5.56 Å². The largest absolute Gasteiger partial charge is 0.484 e. The lowest BCUT2D eigenvalue weighted by molar-refractivity contribution is 0.186. The van der Waals surface area contributed by atoms with Crippen LogP contribution in [0.5, 0.6) is 5.75 Å². The summed E-state index contributed by atoms with van der Waals surface area (Å²) in [4.78, 5) is 0. The molecule has 1 aromatic carbocycles. The van der Waals surface area contributed by atoms with Crippen LogP contribution in [0, 0.1) is 11.3 Å². The highest BCUT2D eigenvalue weighted by molar-refractivity contribution is 5.35. The van der Waals surface area contributed by atoms with E-state index in [1.165, 1.54) is 0 Å². The Morgan fingerprint density at radius 3 is 2.89 bits per heavy atom. The molecule has 0 radical (unpaired) electrons. The molecule has 1 atom stereocenters. The molecule has 1 N–H and O–H groups in total. The van der Waals surface area contributed by atoms with Crippen LogP contribution in [0.15, 0.2) is 41.0 Å². The molecule has 1 aliphatic heterocycles. The van der Waals surface area contributed by atoms with Crippen LogP contribution in [-0.2, 0) is 6.54 Å². The van der Waals surface area contributed by atoms with Crippen molar-refractivity contribution < 1.29 is 9.15 Å². The lowest BCUT2D eigenvalue weighted by Crippen LogP contribution is -2.30. The normalized spacial score (nSPS) is 17.8. The number of hydrogen-bond donors (Lipinski definition) is 1. The van der Waals surface area contributed by atoms with Gasteiger partial charge in [-0.15, -0.1) is 0 Å². The maximum atomic E-state index is 8.74. The van der Waals surface area contributed by atoms with Crippen LogP contribution < -0.4 is 10.1 Å². The zero-order valence-electron chi connectivity index (χ0n) is 9.72. The number of furan rings is 1. The highest BCUT2D eigenvalue weighted by Gasteiger charge is 2.23. The Hall–Kier alpha value is -2.25. The van der Waals surface area contributed by atoms with E-state index in [0.717, 1.165) is 30.2 Å². The van der Waals surface area contributed by atoms with Crippen LogP contribution >= 0.6 is 0 Å². The standard InChI is InChI=1S/C14H12N2O2/c15-7-10-1-3-11(4-2-10)18-14-9-16-8-13-12(14)5-6-17-13/h1-6,14,16H,8-9H2. The molecule has 18 heavy (non-hydrogen) atoms. The molecule has 1 aromatic heterocycles. The summed E-state index contributed by atoms with van der Waals surface area (Å²) in [5, 5.41) is 12.0. The minimum atomic E-state index is -0.0413. The highest BCUT2D eigenvalue weighted by Crippen LogP contribution is 2.27. The van der Waals surface area contributed by atoms with Crippen molar-refractivity contribution in [3.8, 4) is 11.8 Å². The fourth-order valence-electron chi connectivity index (χ4n) is 2.09. The van der Waals surface area contributed by atoms with Gasteiger partial charge in [-0.25, -0.2) is 0 Å². The SMILES string of the molecule is N#Cc1ccc(OC2CNCc3occc32)cc1. The van der Waals surface area contributed by atoms with Gasteiger partial charge in [0.15, 0.2) is 0 Å². The number of fused-ring (bicyclic) bond motifs is 1. The summed E-state index contributed by atoms with van der Waals surface area (Å²) < 4.78 is 11.3. The van der Waals surface area contributed by atoms with Crippen molar-refractivity contribution in [3.63, 3.8) is 0 Å². The van der Waals surface area contributed by atoms with E-state index in [1.807, 2.05) is 18.2 Å². The van der Waals surface area contributed by atoms with Crippen molar-refractivity contribution >= 4 is 0 Å². The van der Waals surface area contributed by atoms with Gasteiger partial charge in [-0.2, -0.15) is 5.26 Å². The molecule has 0 aliphatic carbocycles.